The first kappa shape index (κ1) is 20.1. The minimum atomic E-state index is -0.839. The lowest BCUT2D eigenvalue weighted by Crippen LogP contribution is -2.31. The maximum Gasteiger partial charge on any atom is 0.283 e. The number of fused-ring (bicyclic) bond motifs is 4. The fourth-order valence-electron chi connectivity index (χ4n) is 4.56. The summed E-state index contributed by atoms with van der Waals surface area (Å²) < 4.78 is 12.0. The molecule has 1 spiro atoms. The number of hydrogen-bond acceptors (Lipinski definition) is 7. The van der Waals surface area contributed by atoms with Crippen molar-refractivity contribution in [3.8, 4) is 33.8 Å². The standard InChI is InChI=1S/C27H20N4O3/c1-16(32)17-2-4-18(5-3-17)19-6-8-24-22(10-19)27(14-33-26(28)31-27)23-11-20(7-9-25(23)34-24)21-12-29-15-30-13-21/h2-13,15H,14H2,1H3,(H2,28,31)/t27-/m1/s1. The number of benzene rings is 3. The lowest BCUT2D eigenvalue weighted by Gasteiger charge is -2.34. The van der Waals surface area contributed by atoms with E-state index in [-0.39, 0.29) is 18.4 Å². The first-order valence-electron chi connectivity index (χ1n) is 10.9. The van der Waals surface area contributed by atoms with Crippen LogP contribution in [0.15, 0.2) is 84.4 Å². The van der Waals surface area contributed by atoms with Crippen LogP contribution in [0.1, 0.15) is 28.4 Å². The van der Waals surface area contributed by atoms with Gasteiger partial charge in [-0.05, 0) is 47.9 Å². The highest BCUT2D eigenvalue weighted by atomic mass is 16.5. The van der Waals surface area contributed by atoms with Gasteiger partial charge < -0.3 is 15.2 Å². The van der Waals surface area contributed by atoms with Gasteiger partial charge in [0.1, 0.15) is 24.4 Å². The molecule has 0 fully saturated rings. The van der Waals surface area contributed by atoms with Crippen molar-refractivity contribution in [3.05, 3.63) is 96.1 Å². The highest BCUT2D eigenvalue weighted by Gasteiger charge is 2.47. The fraction of sp³-hybridized carbons (Fsp3) is 0.111. The SMILES string of the molecule is CC(=O)c1ccc(-c2ccc3c(c2)[C@]2(COC(N)=N2)c2cc(-c4cncnc4)ccc2O3)cc1. The number of aromatic nitrogens is 2. The molecule has 34 heavy (non-hydrogen) atoms. The molecule has 2 aliphatic rings. The minimum Gasteiger partial charge on any atom is -0.462 e. The molecule has 0 amide bonds. The zero-order valence-electron chi connectivity index (χ0n) is 18.4. The highest BCUT2D eigenvalue weighted by Crippen LogP contribution is 2.52. The largest absolute Gasteiger partial charge is 0.462 e. The Morgan fingerprint density at radius 2 is 1.44 bits per heavy atom. The van der Waals surface area contributed by atoms with Gasteiger partial charge in [0.05, 0.1) is 0 Å². The molecule has 0 aliphatic carbocycles. The third-order valence-corrected chi connectivity index (χ3v) is 6.32. The maximum absolute atomic E-state index is 11.7. The van der Waals surface area contributed by atoms with Crippen LogP contribution in [-0.2, 0) is 10.3 Å². The van der Waals surface area contributed by atoms with Gasteiger partial charge in [-0.3, -0.25) is 4.79 Å². The second-order valence-corrected chi connectivity index (χ2v) is 8.38. The summed E-state index contributed by atoms with van der Waals surface area (Å²) in [5, 5.41) is 0. The number of rotatable bonds is 3. The third-order valence-electron chi connectivity index (χ3n) is 6.32. The lowest BCUT2D eigenvalue weighted by molar-refractivity contribution is 0.101. The number of aliphatic imine (C=N–C) groups is 1. The zero-order valence-corrected chi connectivity index (χ0v) is 18.4. The molecule has 0 saturated carbocycles. The number of hydrogen-bond donors (Lipinski definition) is 1. The second-order valence-electron chi connectivity index (χ2n) is 8.38. The molecule has 0 saturated heterocycles. The number of ether oxygens (including phenoxy) is 2. The molecule has 166 valence electrons. The van der Waals surface area contributed by atoms with E-state index in [1.54, 1.807) is 19.3 Å². The Kier molecular flexibility index (Phi) is 4.45. The van der Waals surface area contributed by atoms with E-state index < -0.39 is 5.54 Å². The van der Waals surface area contributed by atoms with E-state index in [2.05, 4.69) is 16.0 Å². The normalized spacial score (nSPS) is 17.9. The summed E-state index contributed by atoms with van der Waals surface area (Å²) in [6.07, 6.45) is 5.04. The van der Waals surface area contributed by atoms with E-state index >= 15 is 0 Å². The Labute approximate surface area is 195 Å². The van der Waals surface area contributed by atoms with Crippen LogP contribution in [-0.4, -0.2) is 28.4 Å². The van der Waals surface area contributed by atoms with Crippen molar-refractivity contribution >= 4 is 11.8 Å². The van der Waals surface area contributed by atoms with Crippen molar-refractivity contribution < 1.29 is 14.3 Å². The summed E-state index contributed by atoms with van der Waals surface area (Å²) in [7, 11) is 0. The van der Waals surface area contributed by atoms with Gasteiger partial charge in [-0.25, -0.2) is 15.0 Å². The number of Topliss-reactive ketones (excluding diaryl/α,β-unsaturated/α-hetero) is 1. The third kappa shape index (κ3) is 3.13. The average molecular weight is 448 g/mol. The number of nitrogens with zero attached hydrogens (tertiary/aromatic N) is 3. The number of carbonyl (C=O) groups is 1. The van der Waals surface area contributed by atoms with Crippen LogP contribution in [0.2, 0.25) is 0 Å². The molecule has 6 rings (SSSR count). The van der Waals surface area contributed by atoms with E-state index in [4.69, 9.17) is 20.2 Å². The summed E-state index contributed by atoms with van der Waals surface area (Å²) in [4.78, 5) is 24.7. The molecule has 4 aromatic rings. The van der Waals surface area contributed by atoms with Crippen LogP contribution in [0.4, 0.5) is 0 Å². The van der Waals surface area contributed by atoms with Crippen LogP contribution >= 0.6 is 0 Å². The van der Waals surface area contributed by atoms with Gasteiger partial charge in [-0.2, -0.15) is 0 Å². The topological polar surface area (TPSA) is 99.7 Å². The molecule has 1 aromatic heterocycles. The fourth-order valence-corrected chi connectivity index (χ4v) is 4.56. The molecule has 3 heterocycles. The van der Waals surface area contributed by atoms with E-state index in [9.17, 15) is 4.79 Å². The van der Waals surface area contributed by atoms with Gasteiger partial charge >= 0.3 is 0 Å². The molecule has 0 radical (unpaired) electrons. The van der Waals surface area contributed by atoms with Crippen molar-refractivity contribution in [3.63, 3.8) is 0 Å². The van der Waals surface area contributed by atoms with Gasteiger partial charge in [0.15, 0.2) is 11.3 Å². The molecule has 2 N–H and O–H groups in total. The molecule has 7 heteroatoms. The second kappa shape index (κ2) is 7.52. The Hall–Kier alpha value is -4.52. The quantitative estimate of drug-likeness (QED) is 0.456. The Bertz CT molecular complexity index is 1470. The molecule has 2 aliphatic heterocycles. The van der Waals surface area contributed by atoms with E-state index in [1.165, 1.54) is 6.33 Å². The molecular weight excluding hydrogens is 428 g/mol. The van der Waals surface area contributed by atoms with Crippen LogP contribution in [0, 0.1) is 0 Å². The summed E-state index contributed by atoms with van der Waals surface area (Å²) >= 11 is 0. The van der Waals surface area contributed by atoms with Crippen molar-refractivity contribution in [2.45, 2.75) is 12.5 Å². The Morgan fingerprint density at radius 1 is 0.853 bits per heavy atom. The highest BCUT2D eigenvalue weighted by molar-refractivity contribution is 5.94. The number of amidine groups is 1. The number of ketones is 1. The summed E-state index contributed by atoms with van der Waals surface area (Å²) in [5.41, 5.74) is 11.4. The minimum absolute atomic E-state index is 0.0356. The molecule has 3 aromatic carbocycles. The molecule has 7 nitrogen and oxygen atoms in total. The summed E-state index contributed by atoms with van der Waals surface area (Å²) in [6, 6.07) is 19.6. The van der Waals surface area contributed by atoms with Gasteiger partial charge in [-0.15, -0.1) is 0 Å². The van der Waals surface area contributed by atoms with Crippen molar-refractivity contribution in [1.29, 1.82) is 0 Å². The first-order valence-corrected chi connectivity index (χ1v) is 10.9. The summed E-state index contributed by atoms with van der Waals surface area (Å²) in [6.45, 7) is 1.83. The van der Waals surface area contributed by atoms with Crippen LogP contribution in [0.3, 0.4) is 0 Å². The molecular formula is C27H20N4O3. The smallest absolute Gasteiger partial charge is 0.283 e. The Balaban J connectivity index is 1.51. The van der Waals surface area contributed by atoms with Gasteiger partial charge in [0.25, 0.3) is 6.02 Å². The van der Waals surface area contributed by atoms with Crippen LogP contribution in [0.5, 0.6) is 11.5 Å². The maximum atomic E-state index is 11.7. The van der Waals surface area contributed by atoms with Crippen LogP contribution in [0.25, 0.3) is 22.3 Å². The van der Waals surface area contributed by atoms with Crippen molar-refractivity contribution in [1.82, 2.24) is 9.97 Å². The van der Waals surface area contributed by atoms with E-state index in [0.717, 1.165) is 33.4 Å². The molecule has 1 atom stereocenters. The van der Waals surface area contributed by atoms with Gasteiger partial charge in [0, 0.05) is 34.6 Å². The van der Waals surface area contributed by atoms with Crippen molar-refractivity contribution in [2.75, 3.05) is 6.61 Å². The number of carbonyl (C=O) groups excluding carboxylic acids is 1. The van der Waals surface area contributed by atoms with Gasteiger partial charge in [-0.1, -0.05) is 36.4 Å². The predicted molar refractivity (Wildman–Crippen MR) is 128 cm³/mol. The zero-order chi connectivity index (χ0) is 23.3. The predicted octanol–water partition coefficient (Wildman–Crippen LogP) is 4.71. The molecule has 0 bridgehead atoms. The van der Waals surface area contributed by atoms with Crippen LogP contribution < -0.4 is 10.5 Å². The van der Waals surface area contributed by atoms with E-state index in [1.807, 2.05) is 54.6 Å². The van der Waals surface area contributed by atoms with Crippen molar-refractivity contribution in [2.24, 2.45) is 10.7 Å². The summed E-state index contributed by atoms with van der Waals surface area (Å²) in [5.74, 6) is 1.44. The molecule has 0 unspecified atom stereocenters. The van der Waals surface area contributed by atoms with Gasteiger partial charge in [0.2, 0.25) is 0 Å². The number of nitrogens with two attached hydrogens (primary N) is 1. The monoisotopic (exact) mass is 448 g/mol. The average Bonchev–Trinajstić information content (AvgIpc) is 3.26. The van der Waals surface area contributed by atoms with E-state index in [0.29, 0.717) is 17.1 Å². The Morgan fingerprint density at radius 3 is 2.00 bits per heavy atom. The first-order chi connectivity index (χ1) is 16.5. The lowest BCUT2D eigenvalue weighted by atomic mass is 9.79.